The molecule has 0 unspecified atom stereocenters. The summed E-state index contributed by atoms with van der Waals surface area (Å²) in [6.45, 7) is 2.82. The van der Waals surface area contributed by atoms with Gasteiger partial charge in [-0.3, -0.25) is 14.6 Å². The van der Waals surface area contributed by atoms with Crippen molar-refractivity contribution in [2.75, 3.05) is 13.1 Å². The highest BCUT2D eigenvalue weighted by molar-refractivity contribution is 5.93. The van der Waals surface area contributed by atoms with Gasteiger partial charge in [-0.05, 0) is 18.6 Å². The average Bonchev–Trinajstić information content (AvgIpc) is 2.36. The van der Waals surface area contributed by atoms with Gasteiger partial charge in [0.2, 0.25) is 5.91 Å². The van der Waals surface area contributed by atoms with Gasteiger partial charge >= 0.3 is 0 Å². The molecule has 5 nitrogen and oxygen atoms in total. The van der Waals surface area contributed by atoms with Crippen molar-refractivity contribution in [3.8, 4) is 0 Å². The van der Waals surface area contributed by atoms with Crippen LogP contribution < -0.4 is 10.6 Å². The molecule has 0 fully saturated rings. The summed E-state index contributed by atoms with van der Waals surface area (Å²) in [5, 5.41) is 5.42. The molecular formula is C12H17N3O2. The fourth-order valence-corrected chi connectivity index (χ4v) is 1.29. The Hall–Kier alpha value is -1.91. The maximum atomic E-state index is 11.6. The average molecular weight is 235 g/mol. The summed E-state index contributed by atoms with van der Waals surface area (Å²) in [6.07, 6.45) is 4.47. The van der Waals surface area contributed by atoms with E-state index >= 15 is 0 Å². The smallest absolute Gasteiger partial charge is 0.252 e. The second-order valence-electron chi connectivity index (χ2n) is 3.60. The molecule has 1 aromatic rings. The first-order valence-electron chi connectivity index (χ1n) is 5.69. The SMILES string of the molecule is CCCC(=O)NCCNC(=O)c1cccnc1. The number of amides is 2. The van der Waals surface area contributed by atoms with Crippen LogP contribution in [0.1, 0.15) is 30.1 Å². The van der Waals surface area contributed by atoms with Crippen LogP contribution in [0.4, 0.5) is 0 Å². The minimum absolute atomic E-state index is 0.0168. The quantitative estimate of drug-likeness (QED) is 0.714. The highest BCUT2D eigenvalue weighted by Crippen LogP contribution is 1.94. The molecule has 1 heterocycles. The Morgan fingerprint density at radius 1 is 1.29 bits per heavy atom. The highest BCUT2D eigenvalue weighted by Gasteiger charge is 2.04. The molecule has 0 radical (unpaired) electrons. The molecule has 0 aliphatic carbocycles. The van der Waals surface area contributed by atoms with Crippen molar-refractivity contribution in [1.82, 2.24) is 15.6 Å². The van der Waals surface area contributed by atoms with Crippen LogP contribution in [0.15, 0.2) is 24.5 Å². The first-order chi connectivity index (χ1) is 8.24. The lowest BCUT2D eigenvalue weighted by Gasteiger charge is -2.06. The summed E-state index contributed by atoms with van der Waals surface area (Å²) in [5.41, 5.74) is 0.521. The molecule has 2 N–H and O–H groups in total. The lowest BCUT2D eigenvalue weighted by Crippen LogP contribution is -2.34. The largest absolute Gasteiger partial charge is 0.354 e. The zero-order valence-electron chi connectivity index (χ0n) is 9.90. The highest BCUT2D eigenvalue weighted by atomic mass is 16.2. The number of hydrogen-bond acceptors (Lipinski definition) is 3. The Morgan fingerprint density at radius 2 is 2.06 bits per heavy atom. The van der Waals surface area contributed by atoms with E-state index in [9.17, 15) is 9.59 Å². The van der Waals surface area contributed by atoms with Crippen LogP contribution in [0.2, 0.25) is 0 Å². The standard InChI is InChI=1S/C12H17N3O2/c1-2-4-11(16)14-7-8-15-12(17)10-5-3-6-13-9-10/h3,5-6,9H,2,4,7-8H2,1H3,(H,14,16)(H,15,17). The van der Waals surface area contributed by atoms with E-state index in [1.807, 2.05) is 6.92 Å². The molecule has 0 bridgehead atoms. The lowest BCUT2D eigenvalue weighted by atomic mass is 10.3. The monoisotopic (exact) mass is 235 g/mol. The molecule has 0 saturated heterocycles. The van der Waals surface area contributed by atoms with Gasteiger partial charge < -0.3 is 10.6 Å². The molecule has 0 aliphatic heterocycles. The molecule has 0 aliphatic rings. The van der Waals surface area contributed by atoms with Crippen molar-refractivity contribution < 1.29 is 9.59 Å². The summed E-state index contributed by atoms with van der Waals surface area (Å²) in [6, 6.07) is 3.40. The van der Waals surface area contributed by atoms with Crippen LogP contribution in [0.25, 0.3) is 0 Å². The number of rotatable bonds is 6. The molecular weight excluding hydrogens is 218 g/mol. The summed E-state index contributed by atoms with van der Waals surface area (Å²) in [7, 11) is 0. The second-order valence-corrected chi connectivity index (χ2v) is 3.60. The van der Waals surface area contributed by atoms with E-state index < -0.39 is 0 Å². The Bertz CT molecular complexity index is 365. The van der Waals surface area contributed by atoms with Crippen molar-refractivity contribution in [3.63, 3.8) is 0 Å². The molecule has 0 atom stereocenters. The molecule has 1 aromatic heterocycles. The summed E-state index contributed by atoms with van der Waals surface area (Å²) >= 11 is 0. The predicted octanol–water partition coefficient (Wildman–Crippen LogP) is 0.728. The van der Waals surface area contributed by atoms with Crippen molar-refractivity contribution in [2.45, 2.75) is 19.8 Å². The Labute approximate surface area is 101 Å². The van der Waals surface area contributed by atoms with E-state index in [0.29, 0.717) is 25.1 Å². The van der Waals surface area contributed by atoms with Crippen LogP contribution in [0.5, 0.6) is 0 Å². The Morgan fingerprint density at radius 3 is 2.71 bits per heavy atom. The lowest BCUT2D eigenvalue weighted by molar-refractivity contribution is -0.121. The van der Waals surface area contributed by atoms with Crippen LogP contribution in [0.3, 0.4) is 0 Å². The van der Waals surface area contributed by atoms with Crippen molar-refractivity contribution in [2.24, 2.45) is 0 Å². The van der Waals surface area contributed by atoms with Gasteiger partial charge in [-0.25, -0.2) is 0 Å². The number of carbonyl (C=O) groups is 2. The first kappa shape index (κ1) is 13.2. The fourth-order valence-electron chi connectivity index (χ4n) is 1.29. The third-order valence-electron chi connectivity index (χ3n) is 2.13. The normalized spacial score (nSPS) is 9.71. The minimum Gasteiger partial charge on any atom is -0.354 e. The van der Waals surface area contributed by atoms with Gasteiger partial charge in [-0.2, -0.15) is 0 Å². The van der Waals surface area contributed by atoms with E-state index in [0.717, 1.165) is 6.42 Å². The first-order valence-corrected chi connectivity index (χ1v) is 5.69. The van der Waals surface area contributed by atoms with E-state index in [4.69, 9.17) is 0 Å². The molecule has 5 heteroatoms. The van der Waals surface area contributed by atoms with E-state index in [2.05, 4.69) is 15.6 Å². The molecule has 0 spiro atoms. The van der Waals surface area contributed by atoms with E-state index in [1.165, 1.54) is 6.20 Å². The zero-order valence-corrected chi connectivity index (χ0v) is 9.90. The third kappa shape index (κ3) is 5.10. The Balaban J connectivity index is 2.19. The summed E-state index contributed by atoms with van der Waals surface area (Å²) < 4.78 is 0. The van der Waals surface area contributed by atoms with Crippen molar-refractivity contribution >= 4 is 11.8 Å². The number of nitrogens with one attached hydrogen (secondary N) is 2. The molecule has 0 saturated carbocycles. The zero-order chi connectivity index (χ0) is 12.5. The van der Waals surface area contributed by atoms with Crippen LogP contribution in [-0.4, -0.2) is 29.9 Å². The third-order valence-corrected chi connectivity index (χ3v) is 2.13. The second kappa shape index (κ2) is 7.38. The Kier molecular flexibility index (Phi) is 5.71. The number of pyridine rings is 1. The molecule has 92 valence electrons. The van der Waals surface area contributed by atoms with Gasteiger partial charge in [0.05, 0.1) is 5.56 Å². The topological polar surface area (TPSA) is 71.1 Å². The van der Waals surface area contributed by atoms with Crippen molar-refractivity contribution in [3.05, 3.63) is 30.1 Å². The molecule has 17 heavy (non-hydrogen) atoms. The number of aromatic nitrogens is 1. The maximum absolute atomic E-state index is 11.6. The fraction of sp³-hybridized carbons (Fsp3) is 0.417. The summed E-state index contributed by atoms with van der Waals surface area (Å²) in [4.78, 5) is 26.5. The van der Waals surface area contributed by atoms with Gasteiger partial charge in [-0.15, -0.1) is 0 Å². The van der Waals surface area contributed by atoms with Gasteiger partial charge in [-0.1, -0.05) is 6.92 Å². The summed E-state index contributed by atoms with van der Waals surface area (Å²) in [5.74, 6) is -0.161. The van der Waals surface area contributed by atoms with Gasteiger partial charge in [0.25, 0.3) is 5.91 Å². The van der Waals surface area contributed by atoms with Gasteiger partial charge in [0, 0.05) is 31.9 Å². The van der Waals surface area contributed by atoms with Crippen LogP contribution in [-0.2, 0) is 4.79 Å². The van der Waals surface area contributed by atoms with E-state index in [1.54, 1.807) is 18.3 Å². The molecule has 2 amide bonds. The molecule has 0 aromatic carbocycles. The number of hydrogen-bond donors (Lipinski definition) is 2. The van der Waals surface area contributed by atoms with E-state index in [-0.39, 0.29) is 11.8 Å². The van der Waals surface area contributed by atoms with Crippen LogP contribution >= 0.6 is 0 Å². The van der Waals surface area contributed by atoms with Crippen molar-refractivity contribution in [1.29, 1.82) is 0 Å². The molecule has 1 rings (SSSR count). The van der Waals surface area contributed by atoms with Crippen LogP contribution in [0, 0.1) is 0 Å². The predicted molar refractivity (Wildman–Crippen MR) is 64.5 cm³/mol. The number of nitrogens with zero attached hydrogens (tertiary/aromatic N) is 1. The van der Waals surface area contributed by atoms with Gasteiger partial charge in [0.15, 0.2) is 0 Å². The van der Waals surface area contributed by atoms with Gasteiger partial charge in [0.1, 0.15) is 0 Å². The minimum atomic E-state index is -0.178. The number of carbonyl (C=O) groups excluding carboxylic acids is 2. The maximum Gasteiger partial charge on any atom is 0.252 e.